The molecule has 166 valence electrons. The summed E-state index contributed by atoms with van der Waals surface area (Å²) < 4.78 is 44.4. The second-order valence-corrected chi connectivity index (χ2v) is 7.16. The molecule has 1 unspecified atom stereocenters. The first-order chi connectivity index (χ1) is 14.7. The van der Waals surface area contributed by atoms with Gasteiger partial charge < -0.3 is 20.7 Å². The number of thiophene rings is 1. The average molecular weight is 457 g/mol. The van der Waals surface area contributed by atoms with Crippen molar-refractivity contribution in [3.63, 3.8) is 0 Å². The van der Waals surface area contributed by atoms with Crippen LogP contribution in [-0.2, 0) is 23.9 Å². The molecular weight excluding hydrogens is 439 g/mol. The molecule has 2 aromatic rings. The van der Waals surface area contributed by atoms with Crippen LogP contribution >= 0.6 is 11.3 Å². The fourth-order valence-electron chi connectivity index (χ4n) is 2.38. The Kier molecular flexibility index (Phi) is 8.55. The van der Waals surface area contributed by atoms with E-state index >= 15 is 0 Å². The molecule has 3 N–H and O–H groups in total. The lowest BCUT2D eigenvalue weighted by atomic mass is 10.1. The Hall–Kier alpha value is -3.41. The molecule has 0 aliphatic rings. The minimum Gasteiger partial charge on any atom is -0.456 e. The first-order valence-corrected chi connectivity index (χ1v) is 9.71. The van der Waals surface area contributed by atoms with Gasteiger partial charge in [-0.25, -0.2) is 13.2 Å². The normalized spacial score (nSPS) is 11.4. The van der Waals surface area contributed by atoms with Crippen LogP contribution in [-0.4, -0.2) is 36.8 Å². The van der Waals surface area contributed by atoms with Crippen LogP contribution in [0.1, 0.15) is 24.3 Å². The van der Waals surface area contributed by atoms with Crippen LogP contribution in [0.25, 0.3) is 0 Å². The summed E-state index contributed by atoms with van der Waals surface area (Å²) in [5.74, 6) is -7.55. The summed E-state index contributed by atoms with van der Waals surface area (Å²) in [7, 11) is 0. The highest BCUT2D eigenvalue weighted by molar-refractivity contribution is 7.10. The molecule has 0 spiro atoms. The third kappa shape index (κ3) is 7.41. The van der Waals surface area contributed by atoms with Gasteiger partial charge in [-0.15, -0.1) is 11.3 Å². The number of hydrogen-bond acceptors (Lipinski definition) is 6. The highest BCUT2D eigenvalue weighted by Crippen LogP contribution is 2.22. The number of carbonyl (C=O) groups excluding carboxylic acids is 4. The lowest BCUT2D eigenvalue weighted by molar-refractivity contribution is -0.149. The van der Waals surface area contributed by atoms with Gasteiger partial charge in [-0.05, 0) is 23.6 Å². The van der Waals surface area contributed by atoms with Gasteiger partial charge in [0.05, 0.1) is 24.7 Å². The Morgan fingerprint density at radius 2 is 1.81 bits per heavy atom. The maximum absolute atomic E-state index is 13.5. The van der Waals surface area contributed by atoms with Crippen molar-refractivity contribution in [3.8, 4) is 0 Å². The summed E-state index contributed by atoms with van der Waals surface area (Å²) in [6, 6.07) is 4.35. The summed E-state index contributed by atoms with van der Waals surface area (Å²) in [5.41, 5.74) is -0.595. The molecule has 31 heavy (non-hydrogen) atoms. The number of rotatable bonds is 9. The summed E-state index contributed by atoms with van der Waals surface area (Å²) in [6.07, 6.45) is -0.205. The topological polar surface area (TPSA) is 114 Å². The first kappa shape index (κ1) is 23.9. The van der Waals surface area contributed by atoms with E-state index in [0.29, 0.717) is 6.07 Å². The Bertz CT molecular complexity index is 969. The number of benzene rings is 1. The molecule has 12 heteroatoms. The highest BCUT2D eigenvalue weighted by atomic mass is 32.1. The van der Waals surface area contributed by atoms with E-state index in [2.05, 4.69) is 10.6 Å². The van der Waals surface area contributed by atoms with Gasteiger partial charge in [0.25, 0.3) is 5.91 Å². The summed E-state index contributed by atoms with van der Waals surface area (Å²) in [6.45, 7) is -0.0158. The van der Waals surface area contributed by atoms with E-state index in [1.165, 1.54) is 18.3 Å². The van der Waals surface area contributed by atoms with Crippen LogP contribution in [0.15, 0.2) is 29.6 Å². The van der Waals surface area contributed by atoms with E-state index in [1.807, 2.05) is 5.32 Å². The van der Waals surface area contributed by atoms with E-state index in [4.69, 9.17) is 4.74 Å². The number of amides is 3. The predicted octanol–water partition coefficient (Wildman–Crippen LogP) is 2.03. The monoisotopic (exact) mass is 457 g/mol. The fraction of sp³-hybridized carbons (Fsp3) is 0.263. The summed E-state index contributed by atoms with van der Waals surface area (Å²) in [5, 5.41) is 8.50. The molecule has 1 atom stereocenters. The molecule has 0 radical (unpaired) electrons. The molecule has 0 fully saturated rings. The third-order valence-electron chi connectivity index (χ3n) is 3.75. The van der Waals surface area contributed by atoms with Crippen molar-refractivity contribution in [2.75, 3.05) is 18.5 Å². The van der Waals surface area contributed by atoms with E-state index in [-0.39, 0.29) is 12.3 Å². The van der Waals surface area contributed by atoms with Gasteiger partial charge in [0, 0.05) is 11.8 Å². The van der Waals surface area contributed by atoms with E-state index in [0.717, 1.165) is 10.9 Å². The molecule has 2 rings (SSSR count). The lowest BCUT2D eigenvalue weighted by Gasteiger charge is -2.15. The second kappa shape index (κ2) is 11.1. The summed E-state index contributed by atoms with van der Waals surface area (Å²) in [4.78, 5) is 47.5. The second-order valence-electron chi connectivity index (χ2n) is 6.18. The molecule has 0 saturated carbocycles. The number of ether oxygens (including phenoxy) is 1. The van der Waals surface area contributed by atoms with Crippen LogP contribution in [0, 0.1) is 17.5 Å². The zero-order valence-corrected chi connectivity index (χ0v) is 17.0. The summed E-state index contributed by atoms with van der Waals surface area (Å²) >= 11 is 1.34. The van der Waals surface area contributed by atoms with Gasteiger partial charge in [0.2, 0.25) is 11.8 Å². The smallest absolute Gasteiger partial charge is 0.308 e. The highest BCUT2D eigenvalue weighted by Gasteiger charge is 2.20. The van der Waals surface area contributed by atoms with Crippen LogP contribution in [0.4, 0.5) is 18.9 Å². The van der Waals surface area contributed by atoms with Crippen molar-refractivity contribution in [2.24, 2.45) is 0 Å². The Labute approximate surface area is 178 Å². The zero-order chi connectivity index (χ0) is 23.0. The molecule has 8 nitrogen and oxygen atoms in total. The molecular formula is C19H18F3N3O5S. The average Bonchev–Trinajstić information content (AvgIpc) is 3.25. The van der Waals surface area contributed by atoms with Crippen LogP contribution in [0.5, 0.6) is 0 Å². The molecule has 0 bridgehead atoms. The minimum absolute atomic E-state index is 0.205. The molecule has 0 aliphatic heterocycles. The molecule has 0 saturated heterocycles. The SMILES string of the molecule is CC(=O)NC(CC(=O)OCC(=O)NCC(=O)Nc1ccc(F)c(F)c1F)c1cccs1. The largest absolute Gasteiger partial charge is 0.456 e. The van der Waals surface area contributed by atoms with Crippen LogP contribution in [0.3, 0.4) is 0 Å². The van der Waals surface area contributed by atoms with Crippen molar-refractivity contribution in [2.45, 2.75) is 19.4 Å². The number of anilines is 1. The third-order valence-corrected chi connectivity index (χ3v) is 4.74. The molecule has 1 aromatic carbocycles. The van der Waals surface area contributed by atoms with Crippen molar-refractivity contribution < 1.29 is 37.1 Å². The van der Waals surface area contributed by atoms with E-state index < -0.39 is 60.1 Å². The minimum atomic E-state index is -1.74. The number of hydrogen-bond donors (Lipinski definition) is 3. The maximum Gasteiger partial charge on any atom is 0.308 e. The Morgan fingerprint density at radius 1 is 1.06 bits per heavy atom. The number of esters is 1. The van der Waals surface area contributed by atoms with Gasteiger partial charge in [-0.1, -0.05) is 6.07 Å². The molecule has 1 heterocycles. The van der Waals surface area contributed by atoms with Gasteiger partial charge in [0.1, 0.15) is 0 Å². The standard InChI is InChI=1S/C19H18F3N3O5S/c1-10(26)24-13(14-3-2-6-31-14)7-17(29)30-9-16(28)23-8-15(27)25-12-5-4-11(20)18(21)19(12)22/h2-6,13H,7-9H2,1H3,(H,23,28)(H,24,26)(H,25,27). The quantitative estimate of drug-likeness (QED) is 0.394. The van der Waals surface area contributed by atoms with Crippen LogP contribution in [0.2, 0.25) is 0 Å². The van der Waals surface area contributed by atoms with Gasteiger partial charge >= 0.3 is 5.97 Å². The van der Waals surface area contributed by atoms with Crippen molar-refractivity contribution in [1.29, 1.82) is 0 Å². The maximum atomic E-state index is 13.5. The molecule has 0 aliphatic carbocycles. The molecule has 1 aromatic heterocycles. The molecule has 3 amide bonds. The first-order valence-electron chi connectivity index (χ1n) is 8.83. The Balaban J connectivity index is 1.77. The number of halogens is 3. The lowest BCUT2D eigenvalue weighted by Crippen LogP contribution is -2.36. The van der Waals surface area contributed by atoms with Crippen molar-refractivity contribution in [1.82, 2.24) is 10.6 Å². The van der Waals surface area contributed by atoms with E-state index in [1.54, 1.807) is 17.5 Å². The van der Waals surface area contributed by atoms with E-state index in [9.17, 15) is 32.3 Å². The van der Waals surface area contributed by atoms with Crippen molar-refractivity contribution in [3.05, 3.63) is 52.0 Å². The van der Waals surface area contributed by atoms with Crippen LogP contribution < -0.4 is 16.0 Å². The van der Waals surface area contributed by atoms with Gasteiger partial charge in [-0.3, -0.25) is 19.2 Å². The van der Waals surface area contributed by atoms with Crippen molar-refractivity contribution >= 4 is 40.7 Å². The fourth-order valence-corrected chi connectivity index (χ4v) is 3.15. The van der Waals surface area contributed by atoms with Gasteiger partial charge in [-0.2, -0.15) is 0 Å². The predicted molar refractivity (Wildman–Crippen MR) is 104 cm³/mol. The number of nitrogens with one attached hydrogen (secondary N) is 3. The zero-order valence-electron chi connectivity index (χ0n) is 16.2. The van der Waals surface area contributed by atoms with Gasteiger partial charge in [0.15, 0.2) is 24.1 Å². The Morgan fingerprint density at radius 3 is 2.45 bits per heavy atom. The number of carbonyl (C=O) groups is 4.